The number of fused-ring (bicyclic) bond motifs is 3. The second kappa shape index (κ2) is 6.41. The molecule has 0 N–H and O–H groups in total. The molecule has 3 aromatic carbocycles. The summed E-state index contributed by atoms with van der Waals surface area (Å²) in [6.45, 7) is 2.11. The summed E-state index contributed by atoms with van der Waals surface area (Å²) in [6.07, 6.45) is 0. The first-order chi connectivity index (χ1) is 12.7. The lowest BCUT2D eigenvalue weighted by Crippen LogP contribution is -2.04. The molecule has 4 rings (SSSR count). The van der Waals surface area contributed by atoms with Gasteiger partial charge in [0, 0.05) is 11.5 Å². The van der Waals surface area contributed by atoms with E-state index in [1.807, 2.05) is 0 Å². The SMILES string of the molecule is COc1cc2c(c(OC)c1OC)C(c1ccc(C)cc1)c1ccccc1-2. The van der Waals surface area contributed by atoms with Crippen LogP contribution in [0.5, 0.6) is 17.2 Å². The van der Waals surface area contributed by atoms with Crippen molar-refractivity contribution in [1.82, 2.24) is 0 Å². The second-order valence-corrected chi connectivity index (χ2v) is 6.54. The smallest absolute Gasteiger partial charge is 0.203 e. The van der Waals surface area contributed by atoms with Gasteiger partial charge in [0.15, 0.2) is 11.5 Å². The van der Waals surface area contributed by atoms with Crippen molar-refractivity contribution in [2.24, 2.45) is 0 Å². The molecule has 0 fully saturated rings. The van der Waals surface area contributed by atoms with Crippen LogP contribution in [-0.2, 0) is 0 Å². The van der Waals surface area contributed by atoms with Crippen molar-refractivity contribution in [3.8, 4) is 28.4 Å². The van der Waals surface area contributed by atoms with Gasteiger partial charge in [0.05, 0.1) is 21.3 Å². The third-order valence-electron chi connectivity index (χ3n) is 5.13. The van der Waals surface area contributed by atoms with Crippen LogP contribution in [0.15, 0.2) is 54.6 Å². The summed E-state index contributed by atoms with van der Waals surface area (Å²) >= 11 is 0. The first kappa shape index (κ1) is 16.5. The van der Waals surface area contributed by atoms with E-state index in [0.717, 1.165) is 16.9 Å². The van der Waals surface area contributed by atoms with Crippen LogP contribution < -0.4 is 14.2 Å². The van der Waals surface area contributed by atoms with Crippen molar-refractivity contribution in [3.63, 3.8) is 0 Å². The highest BCUT2D eigenvalue weighted by Crippen LogP contribution is 2.56. The minimum atomic E-state index is 0.108. The largest absolute Gasteiger partial charge is 0.493 e. The Balaban J connectivity index is 2.06. The molecule has 1 unspecified atom stereocenters. The van der Waals surface area contributed by atoms with Crippen LogP contribution in [0, 0.1) is 6.92 Å². The standard InChI is InChI=1S/C23H22O3/c1-14-9-11-15(12-10-14)20-17-8-6-5-7-16(17)18-13-19(24-2)22(25-3)23(26-4)21(18)20/h5-13,20H,1-4H3. The van der Waals surface area contributed by atoms with E-state index in [1.54, 1.807) is 21.3 Å². The minimum Gasteiger partial charge on any atom is -0.493 e. The molecule has 0 saturated heterocycles. The summed E-state index contributed by atoms with van der Waals surface area (Å²) in [5.74, 6) is 2.17. The molecule has 0 aliphatic heterocycles. The number of benzene rings is 3. The van der Waals surface area contributed by atoms with Gasteiger partial charge < -0.3 is 14.2 Å². The quantitative estimate of drug-likeness (QED) is 0.509. The molecule has 0 saturated carbocycles. The van der Waals surface area contributed by atoms with Gasteiger partial charge in [-0.25, -0.2) is 0 Å². The van der Waals surface area contributed by atoms with Crippen LogP contribution in [0.4, 0.5) is 0 Å². The van der Waals surface area contributed by atoms with Crippen molar-refractivity contribution in [3.05, 3.63) is 76.9 Å². The third kappa shape index (κ3) is 2.35. The molecule has 0 aromatic heterocycles. The zero-order valence-electron chi connectivity index (χ0n) is 15.5. The molecular formula is C23H22O3. The van der Waals surface area contributed by atoms with Gasteiger partial charge in [-0.2, -0.15) is 0 Å². The van der Waals surface area contributed by atoms with Gasteiger partial charge in [0.2, 0.25) is 5.75 Å². The van der Waals surface area contributed by atoms with E-state index in [2.05, 4.69) is 61.5 Å². The molecular weight excluding hydrogens is 324 g/mol. The van der Waals surface area contributed by atoms with Crippen molar-refractivity contribution < 1.29 is 14.2 Å². The van der Waals surface area contributed by atoms with E-state index in [0.29, 0.717) is 11.5 Å². The van der Waals surface area contributed by atoms with Crippen LogP contribution in [0.2, 0.25) is 0 Å². The van der Waals surface area contributed by atoms with E-state index in [4.69, 9.17) is 14.2 Å². The van der Waals surface area contributed by atoms with Crippen molar-refractivity contribution in [2.75, 3.05) is 21.3 Å². The molecule has 1 aliphatic carbocycles. The average molecular weight is 346 g/mol. The Morgan fingerprint density at radius 1 is 0.731 bits per heavy atom. The van der Waals surface area contributed by atoms with Crippen molar-refractivity contribution in [1.29, 1.82) is 0 Å². The molecule has 3 heteroatoms. The fraction of sp³-hybridized carbons (Fsp3) is 0.217. The van der Waals surface area contributed by atoms with Gasteiger partial charge in [-0.1, -0.05) is 54.1 Å². The second-order valence-electron chi connectivity index (χ2n) is 6.54. The third-order valence-corrected chi connectivity index (χ3v) is 5.13. The fourth-order valence-electron chi connectivity index (χ4n) is 3.94. The maximum Gasteiger partial charge on any atom is 0.203 e. The maximum absolute atomic E-state index is 5.82. The summed E-state index contributed by atoms with van der Waals surface area (Å²) in [5.41, 5.74) is 7.26. The van der Waals surface area contributed by atoms with Gasteiger partial charge in [-0.15, -0.1) is 0 Å². The maximum atomic E-state index is 5.82. The number of hydrogen-bond donors (Lipinski definition) is 0. The first-order valence-corrected chi connectivity index (χ1v) is 8.68. The summed E-state index contributed by atoms with van der Waals surface area (Å²) in [5, 5.41) is 0. The monoisotopic (exact) mass is 346 g/mol. The Bertz CT molecular complexity index is 958. The van der Waals surface area contributed by atoms with Crippen LogP contribution >= 0.6 is 0 Å². The highest BCUT2D eigenvalue weighted by atomic mass is 16.5. The van der Waals surface area contributed by atoms with E-state index < -0.39 is 0 Å². The Morgan fingerprint density at radius 3 is 2.08 bits per heavy atom. The lowest BCUT2D eigenvalue weighted by molar-refractivity contribution is 0.322. The van der Waals surface area contributed by atoms with Crippen LogP contribution in [0.3, 0.4) is 0 Å². The highest BCUT2D eigenvalue weighted by molar-refractivity contribution is 5.86. The predicted molar refractivity (Wildman–Crippen MR) is 104 cm³/mol. The molecule has 0 heterocycles. The Hall–Kier alpha value is -2.94. The minimum absolute atomic E-state index is 0.108. The topological polar surface area (TPSA) is 27.7 Å². The summed E-state index contributed by atoms with van der Waals surface area (Å²) in [6, 6.07) is 19.3. The van der Waals surface area contributed by atoms with Crippen LogP contribution in [0.1, 0.15) is 28.2 Å². The summed E-state index contributed by atoms with van der Waals surface area (Å²) in [4.78, 5) is 0. The van der Waals surface area contributed by atoms with Crippen molar-refractivity contribution >= 4 is 0 Å². The Kier molecular flexibility index (Phi) is 4.08. The predicted octanol–water partition coefficient (Wildman–Crippen LogP) is 5.18. The number of rotatable bonds is 4. The molecule has 1 atom stereocenters. The molecule has 0 spiro atoms. The van der Waals surface area contributed by atoms with Gasteiger partial charge >= 0.3 is 0 Å². The summed E-state index contributed by atoms with van der Waals surface area (Å²) in [7, 11) is 4.99. The molecule has 132 valence electrons. The first-order valence-electron chi connectivity index (χ1n) is 8.68. The molecule has 0 bridgehead atoms. The number of methoxy groups -OCH3 is 3. The van der Waals surface area contributed by atoms with E-state index >= 15 is 0 Å². The lowest BCUT2D eigenvalue weighted by atomic mass is 9.88. The normalized spacial score (nSPS) is 14.5. The molecule has 0 amide bonds. The van der Waals surface area contributed by atoms with Gasteiger partial charge in [-0.3, -0.25) is 0 Å². The van der Waals surface area contributed by atoms with Crippen LogP contribution in [-0.4, -0.2) is 21.3 Å². The average Bonchev–Trinajstić information content (AvgIpc) is 3.01. The molecule has 3 aromatic rings. The molecule has 26 heavy (non-hydrogen) atoms. The molecule has 3 nitrogen and oxygen atoms in total. The van der Waals surface area contributed by atoms with Crippen LogP contribution in [0.25, 0.3) is 11.1 Å². The number of aryl methyl sites for hydroxylation is 1. The Labute approximate surface area is 154 Å². The van der Waals surface area contributed by atoms with E-state index in [-0.39, 0.29) is 5.92 Å². The zero-order valence-corrected chi connectivity index (χ0v) is 15.5. The summed E-state index contributed by atoms with van der Waals surface area (Å²) < 4.78 is 17.0. The van der Waals surface area contributed by atoms with Gasteiger partial charge in [0.25, 0.3) is 0 Å². The zero-order chi connectivity index (χ0) is 18.3. The van der Waals surface area contributed by atoms with Gasteiger partial charge in [0.1, 0.15) is 0 Å². The molecule has 1 aliphatic rings. The fourth-order valence-corrected chi connectivity index (χ4v) is 3.94. The highest BCUT2D eigenvalue weighted by Gasteiger charge is 2.35. The van der Waals surface area contributed by atoms with Crippen molar-refractivity contribution in [2.45, 2.75) is 12.8 Å². The van der Waals surface area contributed by atoms with Gasteiger partial charge in [-0.05, 0) is 35.2 Å². The van der Waals surface area contributed by atoms with E-state index in [1.165, 1.54) is 22.3 Å². The molecule has 0 radical (unpaired) electrons. The Morgan fingerprint density at radius 2 is 1.42 bits per heavy atom. The number of hydrogen-bond acceptors (Lipinski definition) is 3. The lowest BCUT2D eigenvalue weighted by Gasteiger charge is -2.20. The van der Waals surface area contributed by atoms with E-state index in [9.17, 15) is 0 Å². The number of ether oxygens (including phenoxy) is 3.